The second-order valence-corrected chi connectivity index (χ2v) is 8.65. The first kappa shape index (κ1) is 20.5. The molecule has 2 aliphatic heterocycles. The fourth-order valence-corrected chi connectivity index (χ4v) is 5.16. The molecule has 10 heteroatoms. The van der Waals surface area contributed by atoms with Gasteiger partial charge < -0.3 is 25.3 Å². The molecular weight excluding hydrogens is 362 g/mol. The summed E-state index contributed by atoms with van der Waals surface area (Å²) in [6.07, 6.45) is -1.60. The Bertz CT molecular complexity index is 625. The van der Waals surface area contributed by atoms with Crippen LogP contribution >= 0.6 is 11.8 Å². The number of carbonyl (C=O) groups excluding carboxylic acids is 3. The molecule has 0 saturated carbocycles. The zero-order valence-electron chi connectivity index (χ0n) is 15.3. The van der Waals surface area contributed by atoms with Crippen LogP contribution < -0.4 is 5.32 Å². The third kappa shape index (κ3) is 3.39. The van der Waals surface area contributed by atoms with Crippen molar-refractivity contribution in [2.75, 3.05) is 19.6 Å². The van der Waals surface area contributed by atoms with E-state index in [9.17, 15) is 29.4 Å². The number of hydrogen-bond acceptors (Lipinski definition) is 6. The summed E-state index contributed by atoms with van der Waals surface area (Å²) in [4.78, 5) is 50.7. The minimum absolute atomic E-state index is 0.202. The van der Waals surface area contributed by atoms with Crippen LogP contribution in [0, 0.1) is 5.92 Å². The van der Waals surface area contributed by atoms with E-state index in [1.807, 2.05) is 0 Å². The number of β-lactam (4-membered cyclic amide) rings is 1. The van der Waals surface area contributed by atoms with Gasteiger partial charge >= 0.3 is 5.97 Å². The summed E-state index contributed by atoms with van der Waals surface area (Å²) in [6, 6.07) is -0.999. The van der Waals surface area contributed by atoms with E-state index in [0.29, 0.717) is 6.54 Å². The second kappa shape index (κ2) is 7.43. The molecule has 3 amide bonds. The number of rotatable bonds is 7. The monoisotopic (exact) mass is 387 g/mol. The van der Waals surface area contributed by atoms with Gasteiger partial charge in [-0.3, -0.25) is 14.4 Å². The van der Waals surface area contributed by atoms with Gasteiger partial charge in [0.1, 0.15) is 18.1 Å². The van der Waals surface area contributed by atoms with Crippen LogP contribution in [0.25, 0.3) is 0 Å². The molecule has 0 aromatic rings. The standard InChI is InChI=1S/C16H25N3O6S/c1-5-17-8(20)7-18(6-2)13(23)10(21)9-12(22)19-11(15(24)25)16(3,4)26-14(9)19/h9-11,14,21H,5-7H2,1-4H3,(H,17,20)(H,24,25)/t9-,10+,11+,14-/m1/s1. The molecule has 146 valence electrons. The average Bonchev–Trinajstić information content (AvgIpc) is 2.80. The van der Waals surface area contributed by atoms with Crippen LogP contribution in [0.1, 0.15) is 27.7 Å². The quantitative estimate of drug-likeness (QED) is 0.483. The lowest BCUT2D eigenvalue weighted by atomic mass is 9.87. The van der Waals surface area contributed by atoms with Gasteiger partial charge in [-0.15, -0.1) is 11.8 Å². The predicted molar refractivity (Wildman–Crippen MR) is 94.2 cm³/mol. The third-order valence-corrected chi connectivity index (χ3v) is 6.30. The molecule has 0 aromatic carbocycles. The molecule has 2 fully saturated rings. The van der Waals surface area contributed by atoms with Crippen molar-refractivity contribution in [2.45, 2.75) is 50.0 Å². The Morgan fingerprint density at radius 2 is 1.96 bits per heavy atom. The number of likely N-dealkylation sites (N-methyl/N-ethyl adjacent to an activating group) is 2. The van der Waals surface area contributed by atoms with Gasteiger partial charge in [0.25, 0.3) is 5.91 Å². The molecule has 0 spiro atoms. The van der Waals surface area contributed by atoms with Crippen LogP contribution in [0.5, 0.6) is 0 Å². The van der Waals surface area contributed by atoms with Crippen LogP contribution in [0.3, 0.4) is 0 Å². The molecule has 0 aromatic heterocycles. The molecule has 0 radical (unpaired) electrons. The van der Waals surface area contributed by atoms with Crippen molar-refractivity contribution < 1.29 is 29.4 Å². The number of carbonyl (C=O) groups is 4. The second-order valence-electron chi connectivity index (χ2n) is 6.87. The van der Waals surface area contributed by atoms with Gasteiger partial charge in [-0.05, 0) is 27.7 Å². The van der Waals surface area contributed by atoms with Crippen LogP contribution in [-0.2, 0) is 19.2 Å². The molecule has 3 N–H and O–H groups in total. The highest BCUT2D eigenvalue weighted by molar-refractivity contribution is 8.01. The van der Waals surface area contributed by atoms with Gasteiger partial charge in [-0.25, -0.2) is 4.79 Å². The summed E-state index contributed by atoms with van der Waals surface area (Å²) in [7, 11) is 0. The number of carboxylic acids is 1. The summed E-state index contributed by atoms with van der Waals surface area (Å²) in [5.41, 5.74) is 0. The fourth-order valence-electron chi connectivity index (χ4n) is 3.45. The molecular formula is C16H25N3O6S. The maximum atomic E-state index is 12.6. The largest absolute Gasteiger partial charge is 0.480 e. The topological polar surface area (TPSA) is 127 Å². The van der Waals surface area contributed by atoms with Crippen molar-refractivity contribution in [3.8, 4) is 0 Å². The lowest BCUT2D eigenvalue weighted by Gasteiger charge is -2.45. The Kier molecular flexibility index (Phi) is 5.86. The summed E-state index contributed by atoms with van der Waals surface area (Å²) in [5, 5.41) is 21.9. The van der Waals surface area contributed by atoms with E-state index in [-0.39, 0.29) is 19.0 Å². The van der Waals surface area contributed by atoms with E-state index in [2.05, 4.69) is 5.32 Å². The van der Waals surface area contributed by atoms with Gasteiger partial charge in [0, 0.05) is 17.8 Å². The Labute approximate surface area is 156 Å². The van der Waals surface area contributed by atoms with E-state index >= 15 is 0 Å². The first-order chi connectivity index (χ1) is 12.1. The molecule has 2 heterocycles. The zero-order valence-corrected chi connectivity index (χ0v) is 16.1. The molecule has 2 rings (SSSR count). The van der Waals surface area contributed by atoms with Crippen molar-refractivity contribution in [2.24, 2.45) is 5.92 Å². The van der Waals surface area contributed by atoms with Crippen molar-refractivity contribution in [3.63, 3.8) is 0 Å². The number of fused-ring (bicyclic) bond motifs is 1. The van der Waals surface area contributed by atoms with Gasteiger partial charge in [0.15, 0.2) is 0 Å². The Morgan fingerprint density at radius 1 is 1.35 bits per heavy atom. The number of amides is 3. The van der Waals surface area contributed by atoms with Crippen molar-refractivity contribution in [1.82, 2.24) is 15.1 Å². The molecule has 26 heavy (non-hydrogen) atoms. The maximum absolute atomic E-state index is 12.6. The molecule has 9 nitrogen and oxygen atoms in total. The fraction of sp³-hybridized carbons (Fsp3) is 0.750. The van der Waals surface area contributed by atoms with E-state index in [4.69, 9.17) is 0 Å². The number of aliphatic hydroxyl groups is 1. The molecule has 2 saturated heterocycles. The van der Waals surface area contributed by atoms with Crippen molar-refractivity contribution in [1.29, 1.82) is 0 Å². The van der Waals surface area contributed by atoms with E-state index in [1.165, 1.54) is 21.6 Å². The number of nitrogens with zero attached hydrogens (tertiary/aromatic N) is 2. The maximum Gasteiger partial charge on any atom is 0.327 e. The van der Waals surface area contributed by atoms with Crippen LogP contribution in [0.4, 0.5) is 0 Å². The highest BCUT2D eigenvalue weighted by atomic mass is 32.2. The average molecular weight is 387 g/mol. The first-order valence-corrected chi connectivity index (χ1v) is 9.41. The molecule has 4 atom stereocenters. The minimum Gasteiger partial charge on any atom is -0.480 e. The van der Waals surface area contributed by atoms with E-state index in [1.54, 1.807) is 27.7 Å². The number of aliphatic hydroxyl groups excluding tert-OH is 1. The normalized spacial score (nSPS) is 27.3. The Morgan fingerprint density at radius 3 is 2.46 bits per heavy atom. The van der Waals surface area contributed by atoms with Crippen LogP contribution in [0.2, 0.25) is 0 Å². The summed E-state index contributed by atoms with van der Waals surface area (Å²) in [5.74, 6) is -3.70. The highest BCUT2D eigenvalue weighted by Gasteiger charge is 2.66. The Balaban J connectivity index is 2.12. The summed E-state index contributed by atoms with van der Waals surface area (Å²) in [6.45, 7) is 7.30. The number of hydrogen-bond donors (Lipinski definition) is 3. The van der Waals surface area contributed by atoms with Gasteiger partial charge in [0.05, 0.1) is 11.9 Å². The van der Waals surface area contributed by atoms with Crippen LogP contribution in [0.15, 0.2) is 0 Å². The lowest BCUT2D eigenvalue weighted by molar-refractivity contribution is -0.173. The predicted octanol–water partition coefficient (Wildman–Crippen LogP) is -0.905. The first-order valence-electron chi connectivity index (χ1n) is 8.53. The van der Waals surface area contributed by atoms with E-state index in [0.717, 1.165) is 0 Å². The number of aliphatic carboxylic acids is 1. The molecule has 2 aliphatic rings. The van der Waals surface area contributed by atoms with Gasteiger partial charge in [0.2, 0.25) is 11.8 Å². The molecule has 0 unspecified atom stereocenters. The summed E-state index contributed by atoms with van der Waals surface area (Å²) < 4.78 is -0.727. The minimum atomic E-state index is -1.60. The summed E-state index contributed by atoms with van der Waals surface area (Å²) >= 11 is 1.27. The van der Waals surface area contributed by atoms with Crippen molar-refractivity contribution >= 4 is 35.5 Å². The highest BCUT2D eigenvalue weighted by Crippen LogP contribution is 2.54. The number of carboxylic acid groups (broad SMARTS) is 1. The zero-order chi connectivity index (χ0) is 19.8. The van der Waals surface area contributed by atoms with Gasteiger partial charge in [-0.2, -0.15) is 0 Å². The van der Waals surface area contributed by atoms with Crippen molar-refractivity contribution in [3.05, 3.63) is 0 Å². The molecule has 0 aliphatic carbocycles. The number of nitrogens with one attached hydrogen (secondary N) is 1. The van der Waals surface area contributed by atoms with Crippen LogP contribution in [-0.4, -0.2) is 85.6 Å². The van der Waals surface area contributed by atoms with E-state index < -0.39 is 46.0 Å². The van der Waals surface area contributed by atoms with Gasteiger partial charge in [-0.1, -0.05) is 0 Å². The third-order valence-electron chi connectivity index (χ3n) is 4.71. The number of thioether (sulfide) groups is 1. The SMILES string of the molecule is CCNC(=O)CN(CC)C(=O)[C@@H](O)[C@@H]1C(=O)N2[C@@H]1SC(C)(C)[C@@H]2C(=O)O. The molecule has 0 bridgehead atoms. The Hall–Kier alpha value is -1.81. The smallest absolute Gasteiger partial charge is 0.327 e. The lowest BCUT2D eigenvalue weighted by Crippen LogP contribution is -2.67.